The number of anilines is 1. The van der Waals surface area contributed by atoms with E-state index in [9.17, 15) is 9.59 Å². The van der Waals surface area contributed by atoms with Gasteiger partial charge in [-0.1, -0.05) is 0 Å². The molecule has 0 aromatic heterocycles. The third-order valence-electron chi connectivity index (χ3n) is 3.67. The van der Waals surface area contributed by atoms with Crippen molar-refractivity contribution in [2.24, 2.45) is 5.41 Å². The minimum Gasteiger partial charge on any atom is -0.378 e. The zero-order valence-corrected chi connectivity index (χ0v) is 12.8. The number of hydrogen-bond acceptors (Lipinski definition) is 4. The van der Waals surface area contributed by atoms with E-state index >= 15 is 0 Å². The number of benzene rings is 1. The van der Waals surface area contributed by atoms with Crippen LogP contribution in [0.4, 0.5) is 5.69 Å². The molecule has 1 heterocycles. The van der Waals surface area contributed by atoms with Gasteiger partial charge < -0.3 is 15.0 Å². The number of nitrogens with zero attached hydrogens (tertiary/aromatic N) is 2. The van der Waals surface area contributed by atoms with E-state index in [0.29, 0.717) is 37.6 Å². The van der Waals surface area contributed by atoms with Crippen LogP contribution in [0.25, 0.3) is 0 Å². The molecule has 0 bridgehead atoms. The van der Waals surface area contributed by atoms with Crippen molar-refractivity contribution in [1.29, 1.82) is 5.26 Å². The van der Waals surface area contributed by atoms with Gasteiger partial charge in [-0.25, -0.2) is 0 Å². The van der Waals surface area contributed by atoms with Crippen molar-refractivity contribution in [2.75, 3.05) is 31.6 Å². The molecule has 0 aliphatic carbocycles. The van der Waals surface area contributed by atoms with E-state index in [4.69, 9.17) is 10.00 Å². The van der Waals surface area contributed by atoms with Crippen LogP contribution in [-0.2, 0) is 14.3 Å². The number of amides is 2. The fraction of sp³-hybridized carbons (Fsp3) is 0.438. The SMILES string of the molecule is CC(C)(C(=O)Nc1ccc(C#N)cc1)C(=O)N1CCOCC1. The number of nitriles is 1. The highest BCUT2D eigenvalue weighted by atomic mass is 16.5. The second-order valence-electron chi connectivity index (χ2n) is 5.67. The lowest BCUT2D eigenvalue weighted by Gasteiger charge is -2.33. The molecule has 6 heteroatoms. The van der Waals surface area contributed by atoms with Crippen LogP contribution in [0.15, 0.2) is 24.3 Å². The van der Waals surface area contributed by atoms with Gasteiger partial charge in [0, 0.05) is 18.8 Å². The molecule has 1 aromatic carbocycles. The second kappa shape index (κ2) is 6.58. The molecular formula is C16H19N3O3. The maximum Gasteiger partial charge on any atom is 0.239 e. The van der Waals surface area contributed by atoms with E-state index in [1.165, 1.54) is 0 Å². The molecule has 0 spiro atoms. The van der Waals surface area contributed by atoms with E-state index in [-0.39, 0.29) is 11.8 Å². The number of rotatable bonds is 3. The molecule has 1 aliphatic heterocycles. The highest BCUT2D eigenvalue weighted by Gasteiger charge is 2.39. The van der Waals surface area contributed by atoms with Crippen molar-refractivity contribution in [2.45, 2.75) is 13.8 Å². The third kappa shape index (κ3) is 3.43. The first-order valence-electron chi connectivity index (χ1n) is 7.14. The fourth-order valence-corrected chi connectivity index (χ4v) is 2.17. The van der Waals surface area contributed by atoms with Gasteiger partial charge in [0.1, 0.15) is 5.41 Å². The summed E-state index contributed by atoms with van der Waals surface area (Å²) >= 11 is 0. The van der Waals surface area contributed by atoms with E-state index in [0.717, 1.165) is 0 Å². The summed E-state index contributed by atoms with van der Waals surface area (Å²) in [6.45, 7) is 5.24. The number of carbonyl (C=O) groups is 2. The van der Waals surface area contributed by atoms with Gasteiger partial charge in [-0.3, -0.25) is 9.59 Å². The summed E-state index contributed by atoms with van der Waals surface area (Å²) in [7, 11) is 0. The normalized spacial score (nSPS) is 15.0. The number of hydrogen-bond donors (Lipinski definition) is 1. The van der Waals surface area contributed by atoms with Crippen LogP contribution in [0, 0.1) is 16.7 Å². The summed E-state index contributed by atoms with van der Waals surface area (Å²) < 4.78 is 5.22. The van der Waals surface area contributed by atoms with Gasteiger partial charge in [-0.15, -0.1) is 0 Å². The minimum atomic E-state index is -1.16. The Balaban J connectivity index is 2.05. The maximum absolute atomic E-state index is 12.5. The van der Waals surface area contributed by atoms with Gasteiger partial charge in [-0.05, 0) is 38.1 Å². The Morgan fingerprint density at radius 2 is 1.82 bits per heavy atom. The van der Waals surface area contributed by atoms with Crippen molar-refractivity contribution >= 4 is 17.5 Å². The Bertz CT molecular complexity index is 596. The first-order valence-corrected chi connectivity index (χ1v) is 7.14. The lowest BCUT2D eigenvalue weighted by molar-refractivity contribution is -0.149. The summed E-state index contributed by atoms with van der Waals surface area (Å²) in [6.07, 6.45) is 0. The quantitative estimate of drug-likeness (QED) is 0.855. The summed E-state index contributed by atoms with van der Waals surface area (Å²) in [5.74, 6) is -0.573. The van der Waals surface area contributed by atoms with Gasteiger partial charge in [0.2, 0.25) is 11.8 Å². The fourth-order valence-electron chi connectivity index (χ4n) is 2.17. The van der Waals surface area contributed by atoms with Crippen LogP contribution in [0.2, 0.25) is 0 Å². The molecule has 6 nitrogen and oxygen atoms in total. The summed E-state index contributed by atoms with van der Waals surface area (Å²) in [5, 5.41) is 11.5. The minimum absolute atomic E-state index is 0.207. The van der Waals surface area contributed by atoms with E-state index in [1.54, 1.807) is 43.0 Å². The monoisotopic (exact) mass is 301 g/mol. The van der Waals surface area contributed by atoms with E-state index in [1.807, 2.05) is 6.07 Å². The lowest BCUT2D eigenvalue weighted by atomic mass is 9.90. The van der Waals surface area contributed by atoms with Crippen LogP contribution >= 0.6 is 0 Å². The van der Waals surface area contributed by atoms with Gasteiger partial charge >= 0.3 is 0 Å². The first-order chi connectivity index (χ1) is 10.4. The molecule has 0 atom stereocenters. The standard InChI is InChI=1S/C16H19N3O3/c1-16(2,15(21)19-7-9-22-10-8-19)14(20)18-13-5-3-12(11-17)4-6-13/h3-6H,7-10H2,1-2H3,(H,18,20). The Hall–Kier alpha value is -2.39. The maximum atomic E-state index is 12.5. The van der Waals surface area contributed by atoms with Crippen molar-refractivity contribution in [3.05, 3.63) is 29.8 Å². The van der Waals surface area contributed by atoms with Gasteiger partial charge in [0.25, 0.3) is 0 Å². The van der Waals surface area contributed by atoms with Crippen molar-refractivity contribution in [3.63, 3.8) is 0 Å². The van der Waals surface area contributed by atoms with Crippen molar-refractivity contribution in [3.8, 4) is 6.07 Å². The largest absolute Gasteiger partial charge is 0.378 e. The van der Waals surface area contributed by atoms with Crippen molar-refractivity contribution in [1.82, 2.24) is 4.90 Å². The smallest absolute Gasteiger partial charge is 0.239 e. The van der Waals surface area contributed by atoms with Crippen LogP contribution in [0.5, 0.6) is 0 Å². The first kappa shape index (κ1) is 16.0. The number of carbonyl (C=O) groups excluding carboxylic acids is 2. The third-order valence-corrected chi connectivity index (χ3v) is 3.67. The van der Waals surface area contributed by atoms with Crippen LogP contribution in [-0.4, -0.2) is 43.0 Å². The molecule has 1 aliphatic rings. The summed E-state index contributed by atoms with van der Waals surface area (Å²) in [6, 6.07) is 8.54. The van der Waals surface area contributed by atoms with Gasteiger partial charge in [0.15, 0.2) is 0 Å². The average molecular weight is 301 g/mol. The topological polar surface area (TPSA) is 82.4 Å². The predicted molar refractivity (Wildman–Crippen MR) is 81.0 cm³/mol. The Kier molecular flexibility index (Phi) is 4.78. The van der Waals surface area contributed by atoms with E-state index in [2.05, 4.69) is 5.32 Å². The highest BCUT2D eigenvalue weighted by Crippen LogP contribution is 2.22. The zero-order chi connectivity index (χ0) is 16.2. The molecule has 2 rings (SSSR count). The molecule has 2 amide bonds. The summed E-state index contributed by atoms with van der Waals surface area (Å²) in [5.41, 5.74) is -0.0841. The van der Waals surface area contributed by atoms with Crippen LogP contribution in [0.1, 0.15) is 19.4 Å². The Labute approximate surface area is 129 Å². The van der Waals surface area contributed by atoms with Gasteiger partial charge in [-0.2, -0.15) is 5.26 Å². The molecule has 0 radical (unpaired) electrons. The molecule has 22 heavy (non-hydrogen) atoms. The Morgan fingerprint density at radius 3 is 2.36 bits per heavy atom. The molecule has 0 saturated carbocycles. The molecule has 1 aromatic rings. The molecule has 1 saturated heterocycles. The molecule has 116 valence electrons. The average Bonchev–Trinajstić information content (AvgIpc) is 2.55. The molecule has 1 fully saturated rings. The highest BCUT2D eigenvalue weighted by molar-refractivity contribution is 6.09. The second-order valence-corrected chi connectivity index (χ2v) is 5.67. The molecule has 0 unspecified atom stereocenters. The molecular weight excluding hydrogens is 282 g/mol. The van der Waals surface area contributed by atoms with Crippen LogP contribution < -0.4 is 5.32 Å². The summed E-state index contributed by atoms with van der Waals surface area (Å²) in [4.78, 5) is 26.6. The number of nitrogens with one attached hydrogen (secondary N) is 1. The zero-order valence-electron chi connectivity index (χ0n) is 12.8. The number of morpholine rings is 1. The van der Waals surface area contributed by atoms with Gasteiger partial charge in [0.05, 0.1) is 24.8 Å². The Morgan fingerprint density at radius 1 is 1.23 bits per heavy atom. The molecule has 1 N–H and O–H groups in total. The van der Waals surface area contributed by atoms with Crippen molar-refractivity contribution < 1.29 is 14.3 Å². The lowest BCUT2D eigenvalue weighted by Crippen LogP contribution is -2.51. The van der Waals surface area contributed by atoms with E-state index < -0.39 is 5.41 Å². The number of ether oxygens (including phenoxy) is 1. The predicted octanol–water partition coefficient (Wildman–Crippen LogP) is 1.38. The van der Waals surface area contributed by atoms with Crippen LogP contribution in [0.3, 0.4) is 0 Å².